The van der Waals surface area contributed by atoms with Gasteiger partial charge in [-0.1, -0.05) is 0 Å². The van der Waals surface area contributed by atoms with E-state index in [1.807, 2.05) is 0 Å². The molecule has 0 unspecified atom stereocenters. The van der Waals surface area contributed by atoms with Gasteiger partial charge in [-0.25, -0.2) is 4.39 Å². The third kappa shape index (κ3) is 2.68. The number of nitrogens with zero attached hydrogens (tertiary/aromatic N) is 1. The van der Waals surface area contributed by atoms with Crippen molar-refractivity contribution in [3.63, 3.8) is 0 Å². The molecular weight excluding hydrogens is 321 g/mol. The number of fused-ring (bicyclic) bond motifs is 1. The SMILES string of the molecule is O=C1C=C(Nc2cc3c(cc2F)OC(F)(F)O3)C(=O)N1CCO. The fraction of sp³-hybridized carbons (Fsp3) is 0.231. The molecule has 122 valence electrons. The maximum absolute atomic E-state index is 13.9. The topological polar surface area (TPSA) is 88.1 Å². The number of carbonyl (C=O) groups excluding carboxylic acids is 2. The minimum atomic E-state index is -3.90. The van der Waals surface area contributed by atoms with E-state index in [0.29, 0.717) is 6.07 Å². The zero-order chi connectivity index (χ0) is 16.8. The molecule has 0 fully saturated rings. The van der Waals surface area contributed by atoms with Crippen LogP contribution >= 0.6 is 0 Å². The Morgan fingerprint density at radius 2 is 1.87 bits per heavy atom. The number of aliphatic hydroxyl groups excluding tert-OH is 1. The van der Waals surface area contributed by atoms with E-state index in [4.69, 9.17) is 5.11 Å². The number of amides is 2. The van der Waals surface area contributed by atoms with Crippen LogP contribution in [0.3, 0.4) is 0 Å². The second-order valence-corrected chi connectivity index (χ2v) is 4.65. The molecule has 2 aliphatic heterocycles. The number of halogens is 3. The zero-order valence-electron chi connectivity index (χ0n) is 11.3. The van der Waals surface area contributed by atoms with Crippen LogP contribution in [0, 0.1) is 5.82 Å². The van der Waals surface area contributed by atoms with E-state index in [1.165, 1.54) is 0 Å². The van der Waals surface area contributed by atoms with Crippen molar-refractivity contribution < 1.29 is 37.3 Å². The molecule has 0 aromatic heterocycles. The highest BCUT2D eigenvalue weighted by Crippen LogP contribution is 2.43. The predicted molar refractivity (Wildman–Crippen MR) is 68.1 cm³/mol. The molecular formula is C13H9F3N2O5. The number of hydrogen-bond acceptors (Lipinski definition) is 6. The molecule has 0 atom stereocenters. The minimum Gasteiger partial charge on any atom is -0.395 e. The van der Waals surface area contributed by atoms with Crippen LogP contribution < -0.4 is 14.8 Å². The number of hydrogen-bond donors (Lipinski definition) is 2. The Balaban J connectivity index is 1.84. The van der Waals surface area contributed by atoms with Gasteiger partial charge in [0, 0.05) is 18.2 Å². The molecule has 2 aliphatic rings. The fourth-order valence-corrected chi connectivity index (χ4v) is 2.12. The summed E-state index contributed by atoms with van der Waals surface area (Å²) in [5.41, 5.74) is -0.601. The Morgan fingerprint density at radius 3 is 2.52 bits per heavy atom. The number of alkyl halides is 2. The first-order chi connectivity index (χ1) is 10.8. The van der Waals surface area contributed by atoms with Gasteiger partial charge in [0.15, 0.2) is 17.3 Å². The Bertz CT molecular complexity index is 735. The van der Waals surface area contributed by atoms with E-state index in [0.717, 1.165) is 17.0 Å². The normalized spacial score (nSPS) is 18.4. The minimum absolute atomic E-state index is 0.213. The lowest BCUT2D eigenvalue weighted by atomic mass is 10.2. The molecule has 3 rings (SSSR count). The van der Waals surface area contributed by atoms with Gasteiger partial charge in [-0.2, -0.15) is 0 Å². The van der Waals surface area contributed by atoms with Gasteiger partial charge in [0.05, 0.1) is 18.8 Å². The highest BCUT2D eigenvalue weighted by Gasteiger charge is 2.44. The Labute approximate surface area is 126 Å². The van der Waals surface area contributed by atoms with Crippen molar-refractivity contribution in [3.8, 4) is 11.5 Å². The molecule has 2 amide bonds. The number of benzene rings is 1. The maximum Gasteiger partial charge on any atom is 0.586 e. The number of imide groups is 1. The number of ether oxygens (including phenoxy) is 2. The summed E-state index contributed by atoms with van der Waals surface area (Å²) in [4.78, 5) is 24.2. The van der Waals surface area contributed by atoms with Crippen LogP contribution in [0.2, 0.25) is 0 Å². The van der Waals surface area contributed by atoms with E-state index < -0.39 is 42.0 Å². The molecule has 7 nitrogen and oxygen atoms in total. The van der Waals surface area contributed by atoms with Crippen LogP contribution in [0.4, 0.5) is 18.9 Å². The van der Waals surface area contributed by atoms with E-state index in [-0.39, 0.29) is 17.9 Å². The van der Waals surface area contributed by atoms with Crippen LogP contribution in [0.5, 0.6) is 11.5 Å². The van der Waals surface area contributed by atoms with Gasteiger partial charge in [-0.3, -0.25) is 14.5 Å². The first-order valence-corrected chi connectivity index (χ1v) is 6.35. The monoisotopic (exact) mass is 330 g/mol. The number of carbonyl (C=O) groups is 2. The van der Waals surface area contributed by atoms with Crippen LogP contribution in [0.1, 0.15) is 0 Å². The van der Waals surface area contributed by atoms with Crippen LogP contribution in [-0.2, 0) is 9.59 Å². The second-order valence-electron chi connectivity index (χ2n) is 4.65. The summed E-state index contributed by atoms with van der Waals surface area (Å²) in [7, 11) is 0. The summed E-state index contributed by atoms with van der Waals surface area (Å²) in [6.45, 7) is -0.638. The largest absolute Gasteiger partial charge is 0.586 e. The molecule has 0 bridgehead atoms. The standard InChI is InChI=1S/C13H9F3N2O5/c14-6-3-9-10(23-13(15,16)22-9)4-7(6)17-8-5-11(20)18(1-2-19)12(8)21/h3-5,17,19H,1-2H2. The average molecular weight is 330 g/mol. The van der Waals surface area contributed by atoms with Crippen molar-refractivity contribution in [1.29, 1.82) is 0 Å². The summed E-state index contributed by atoms with van der Waals surface area (Å²) in [5.74, 6) is -3.33. The summed E-state index contributed by atoms with van der Waals surface area (Å²) < 4.78 is 48.0. The zero-order valence-corrected chi connectivity index (χ0v) is 11.3. The van der Waals surface area contributed by atoms with Crippen molar-refractivity contribution in [2.24, 2.45) is 0 Å². The van der Waals surface area contributed by atoms with Gasteiger partial charge in [-0.15, -0.1) is 8.78 Å². The summed E-state index contributed by atoms with van der Waals surface area (Å²) in [6.07, 6.45) is -2.99. The predicted octanol–water partition coefficient (Wildman–Crippen LogP) is 0.804. The van der Waals surface area contributed by atoms with Crippen molar-refractivity contribution in [2.45, 2.75) is 6.29 Å². The van der Waals surface area contributed by atoms with Crippen LogP contribution in [-0.4, -0.2) is 41.3 Å². The highest BCUT2D eigenvalue weighted by molar-refractivity contribution is 6.17. The second kappa shape index (κ2) is 5.16. The first-order valence-electron chi connectivity index (χ1n) is 6.35. The van der Waals surface area contributed by atoms with Gasteiger partial charge in [-0.05, 0) is 0 Å². The van der Waals surface area contributed by atoms with Crippen molar-refractivity contribution in [3.05, 3.63) is 29.7 Å². The van der Waals surface area contributed by atoms with Crippen molar-refractivity contribution in [1.82, 2.24) is 4.90 Å². The number of rotatable bonds is 4. The molecule has 0 spiro atoms. The maximum atomic E-state index is 13.9. The lowest BCUT2D eigenvalue weighted by Gasteiger charge is -2.13. The number of β-amino-alcohol motifs (C(OH)–C–C–N with tert-alkyl or cyclic N) is 1. The molecule has 0 saturated carbocycles. The first kappa shape index (κ1) is 15.2. The number of nitrogens with one attached hydrogen (secondary N) is 1. The third-order valence-corrected chi connectivity index (χ3v) is 3.09. The molecule has 2 N–H and O–H groups in total. The molecule has 1 aromatic rings. The summed E-state index contributed by atoms with van der Waals surface area (Å²) in [5, 5.41) is 11.1. The quantitative estimate of drug-likeness (QED) is 0.794. The van der Waals surface area contributed by atoms with Crippen molar-refractivity contribution >= 4 is 17.5 Å². The van der Waals surface area contributed by atoms with E-state index in [9.17, 15) is 22.8 Å². The van der Waals surface area contributed by atoms with Gasteiger partial charge in [0.2, 0.25) is 0 Å². The smallest absolute Gasteiger partial charge is 0.395 e. The van der Waals surface area contributed by atoms with Gasteiger partial charge >= 0.3 is 6.29 Å². The molecule has 0 saturated heterocycles. The van der Waals surface area contributed by atoms with E-state index >= 15 is 0 Å². The van der Waals surface area contributed by atoms with Gasteiger partial charge in [0.1, 0.15) is 5.70 Å². The van der Waals surface area contributed by atoms with E-state index in [1.54, 1.807) is 0 Å². The lowest BCUT2D eigenvalue weighted by Crippen LogP contribution is -2.34. The molecule has 0 radical (unpaired) electrons. The number of anilines is 1. The van der Waals surface area contributed by atoms with Crippen LogP contribution in [0.15, 0.2) is 23.9 Å². The fourth-order valence-electron chi connectivity index (χ4n) is 2.12. The summed E-state index contributed by atoms with van der Waals surface area (Å²) in [6, 6.07) is 1.56. The van der Waals surface area contributed by atoms with Gasteiger partial charge < -0.3 is 19.9 Å². The average Bonchev–Trinajstić information content (AvgIpc) is 2.89. The molecule has 23 heavy (non-hydrogen) atoms. The van der Waals surface area contributed by atoms with Crippen LogP contribution in [0.25, 0.3) is 0 Å². The molecule has 0 aliphatic carbocycles. The Morgan fingerprint density at radius 1 is 1.22 bits per heavy atom. The van der Waals surface area contributed by atoms with Crippen molar-refractivity contribution in [2.75, 3.05) is 18.5 Å². The third-order valence-electron chi connectivity index (χ3n) is 3.09. The summed E-state index contributed by atoms with van der Waals surface area (Å²) >= 11 is 0. The molecule has 10 heteroatoms. The molecule has 2 heterocycles. The van der Waals surface area contributed by atoms with Gasteiger partial charge in [0.25, 0.3) is 11.8 Å². The molecule has 1 aromatic carbocycles. The lowest BCUT2D eigenvalue weighted by molar-refractivity contribution is -0.286. The Kier molecular flexibility index (Phi) is 3.40. The highest BCUT2D eigenvalue weighted by atomic mass is 19.3. The number of aliphatic hydroxyl groups is 1. The van der Waals surface area contributed by atoms with E-state index in [2.05, 4.69) is 14.8 Å². The Hall–Kier alpha value is -2.75.